The number of benzene rings is 1. The molecule has 4 rings (SSSR count). The van der Waals surface area contributed by atoms with E-state index in [0.29, 0.717) is 45.2 Å². The van der Waals surface area contributed by atoms with Gasteiger partial charge in [0.1, 0.15) is 12.7 Å². The fraction of sp³-hybridized carbons (Fsp3) is 0.538. The highest BCUT2D eigenvalue weighted by Gasteiger charge is 2.42. The molecule has 2 N–H and O–H groups in total. The van der Waals surface area contributed by atoms with Gasteiger partial charge in [0.05, 0.1) is 17.0 Å². The van der Waals surface area contributed by atoms with Gasteiger partial charge in [-0.3, -0.25) is 14.1 Å². The average molecular weight is 601 g/mol. The molecule has 1 amide bonds. The summed E-state index contributed by atoms with van der Waals surface area (Å²) in [6.45, 7) is 1.04. The van der Waals surface area contributed by atoms with Gasteiger partial charge in [-0.25, -0.2) is 12.8 Å². The molecule has 0 spiro atoms. The van der Waals surface area contributed by atoms with Crippen LogP contribution in [-0.2, 0) is 31.5 Å². The summed E-state index contributed by atoms with van der Waals surface area (Å²) >= 11 is 1.71. The molecule has 1 saturated heterocycles. The standard InChI is InChI=1S/C26H34FN3O6S3/c1-38(32,33)28-25(31)9-6-15-30-23-17-20(27)11-13-24(23)37-26(30)18-21-12-10-19-7-2-3-8-22(19)29(21)14-4-5-16-39(34,35)36/h2-3,7-8,10,12,18,20,23-24H,4-6,9,11,13-17H2,1H3,(H-,28,31,34,35,36)/p+1. The van der Waals surface area contributed by atoms with E-state index in [4.69, 9.17) is 4.55 Å². The van der Waals surface area contributed by atoms with Crippen LogP contribution < -0.4 is 9.29 Å². The Bertz CT molecular complexity index is 1450. The Morgan fingerprint density at radius 3 is 2.67 bits per heavy atom. The Labute approximate surface area is 233 Å². The summed E-state index contributed by atoms with van der Waals surface area (Å²) in [5.74, 6) is -0.852. The quantitative estimate of drug-likeness (QED) is 0.229. The molecule has 1 saturated carbocycles. The Morgan fingerprint density at radius 1 is 1.15 bits per heavy atom. The van der Waals surface area contributed by atoms with Gasteiger partial charge in [-0.15, -0.1) is 11.8 Å². The van der Waals surface area contributed by atoms with Crippen molar-refractivity contribution >= 4 is 54.8 Å². The van der Waals surface area contributed by atoms with Crippen LogP contribution in [0.4, 0.5) is 4.39 Å². The predicted molar refractivity (Wildman–Crippen MR) is 151 cm³/mol. The lowest BCUT2D eigenvalue weighted by Crippen LogP contribution is -2.41. The van der Waals surface area contributed by atoms with Crippen LogP contribution in [0.1, 0.15) is 50.6 Å². The molecule has 1 aromatic heterocycles. The zero-order valence-electron chi connectivity index (χ0n) is 21.8. The van der Waals surface area contributed by atoms with Crippen molar-refractivity contribution in [2.75, 3.05) is 18.6 Å². The molecule has 9 nitrogen and oxygen atoms in total. The number of para-hydroxylation sites is 1. The molecule has 13 heteroatoms. The van der Waals surface area contributed by atoms with Crippen molar-refractivity contribution in [1.29, 1.82) is 0 Å². The number of sulfonamides is 1. The molecule has 1 aromatic carbocycles. The van der Waals surface area contributed by atoms with Crippen molar-refractivity contribution in [3.05, 3.63) is 47.1 Å². The van der Waals surface area contributed by atoms with E-state index in [2.05, 4.69) is 15.5 Å². The van der Waals surface area contributed by atoms with Gasteiger partial charge in [0.15, 0.2) is 0 Å². The predicted octanol–water partition coefficient (Wildman–Crippen LogP) is 3.26. The van der Waals surface area contributed by atoms with Gasteiger partial charge in [-0.1, -0.05) is 12.1 Å². The lowest BCUT2D eigenvalue weighted by molar-refractivity contribution is -0.673. The lowest BCUT2D eigenvalue weighted by atomic mass is 9.92. The van der Waals surface area contributed by atoms with E-state index in [-0.39, 0.29) is 23.5 Å². The fourth-order valence-electron chi connectivity index (χ4n) is 5.32. The normalized spacial score (nSPS) is 22.8. The summed E-state index contributed by atoms with van der Waals surface area (Å²) in [7, 11) is -7.64. The second-order valence-corrected chi connectivity index (χ2v) is 14.8. The number of unbranched alkanes of at least 4 members (excludes halogenated alkanes) is 1. The zero-order valence-corrected chi connectivity index (χ0v) is 24.3. The number of aryl methyl sites for hydroxylation is 1. The van der Waals surface area contributed by atoms with Crippen LogP contribution >= 0.6 is 11.8 Å². The Kier molecular flexibility index (Phi) is 9.56. The van der Waals surface area contributed by atoms with Crippen molar-refractivity contribution in [2.24, 2.45) is 0 Å². The number of aromatic nitrogens is 1. The number of nitrogens with zero attached hydrogens (tertiary/aromatic N) is 2. The third-order valence-corrected chi connectivity index (χ3v) is 9.88. The average Bonchev–Trinajstić information content (AvgIpc) is 3.17. The Balaban J connectivity index is 1.60. The number of rotatable bonds is 11. The summed E-state index contributed by atoms with van der Waals surface area (Å²) in [5, 5.41) is 2.25. The summed E-state index contributed by atoms with van der Waals surface area (Å²) in [4.78, 5) is 14.2. The van der Waals surface area contributed by atoms with Crippen molar-refractivity contribution < 1.29 is 35.1 Å². The van der Waals surface area contributed by atoms with Crippen molar-refractivity contribution in [1.82, 2.24) is 9.62 Å². The summed E-state index contributed by atoms with van der Waals surface area (Å²) in [6.07, 6.45) is 5.17. The minimum atomic E-state index is -4.02. The van der Waals surface area contributed by atoms with E-state index in [1.807, 2.05) is 41.1 Å². The summed E-state index contributed by atoms with van der Waals surface area (Å²) < 4.78 is 72.8. The fourth-order valence-corrected chi connectivity index (χ4v) is 7.93. The van der Waals surface area contributed by atoms with E-state index < -0.39 is 32.2 Å². The smallest absolute Gasteiger partial charge is 0.264 e. The number of carbonyl (C=O) groups is 1. The van der Waals surface area contributed by atoms with Crippen LogP contribution in [0.15, 0.2) is 41.4 Å². The van der Waals surface area contributed by atoms with Crippen LogP contribution in [0.2, 0.25) is 0 Å². The molecule has 0 radical (unpaired) electrons. The number of fused-ring (bicyclic) bond motifs is 2. The zero-order chi connectivity index (χ0) is 28.2. The second kappa shape index (κ2) is 12.5. The molecular formula is C26H35FN3O6S3+. The first-order valence-corrected chi connectivity index (χ1v) is 17.4. The van der Waals surface area contributed by atoms with Gasteiger partial charge >= 0.3 is 0 Å². The number of thioether (sulfide) groups is 1. The highest BCUT2D eigenvalue weighted by atomic mass is 32.2. The van der Waals surface area contributed by atoms with E-state index in [9.17, 15) is 26.0 Å². The molecule has 214 valence electrons. The number of alkyl halides is 1. The van der Waals surface area contributed by atoms with Crippen molar-refractivity contribution in [3.8, 4) is 0 Å². The first-order valence-electron chi connectivity index (χ1n) is 13.1. The maximum absolute atomic E-state index is 14.4. The number of hydrogen-bond acceptors (Lipinski definition) is 7. The lowest BCUT2D eigenvalue weighted by Gasteiger charge is -2.33. The largest absolute Gasteiger partial charge is 0.362 e. The number of hydrogen-bond donors (Lipinski definition) is 2. The van der Waals surface area contributed by atoms with Gasteiger partial charge in [-0.2, -0.15) is 13.0 Å². The number of carbonyl (C=O) groups excluding carboxylic acids is 1. The molecule has 39 heavy (non-hydrogen) atoms. The minimum Gasteiger partial charge on any atom is -0.362 e. The third kappa shape index (κ3) is 8.38. The molecule has 2 aromatic rings. The molecule has 2 fully saturated rings. The second-order valence-electron chi connectivity index (χ2n) is 10.2. The monoisotopic (exact) mass is 600 g/mol. The molecule has 3 atom stereocenters. The minimum absolute atomic E-state index is 0.00774. The molecule has 1 aliphatic heterocycles. The molecule has 0 bridgehead atoms. The first-order chi connectivity index (χ1) is 18.4. The van der Waals surface area contributed by atoms with Gasteiger partial charge in [-0.05, 0) is 44.2 Å². The topological polar surface area (TPSA) is 125 Å². The number of halogens is 1. The van der Waals surface area contributed by atoms with Gasteiger partial charge in [0.25, 0.3) is 10.1 Å². The first kappa shape index (κ1) is 29.8. The Morgan fingerprint density at radius 2 is 1.92 bits per heavy atom. The maximum atomic E-state index is 14.4. The number of amides is 1. The van der Waals surface area contributed by atoms with Crippen LogP contribution in [-0.4, -0.2) is 68.2 Å². The number of pyridine rings is 1. The van der Waals surface area contributed by atoms with Crippen LogP contribution in [0.3, 0.4) is 0 Å². The van der Waals surface area contributed by atoms with E-state index in [1.165, 1.54) is 0 Å². The SMILES string of the molecule is CS(=O)(=O)NC(=O)CCCN1/C(=C/c2ccc3ccccc3[n+]2CCCCS(=O)(=O)O)SC2CCC(F)CC21. The maximum Gasteiger partial charge on any atom is 0.264 e. The van der Waals surface area contributed by atoms with Crippen molar-refractivity contribution in [3.63, 3.8) is 0 Å². The van der Waals surface area contributed by atoms with Crippen molar-refractivity contribution in [2.45, 2.75) is 69.0 Å². The highest BCUT2D eigenvalue weighted by Crippen LogP contribution is 2.46. The molecule has 2 aliphatic rings. The molecule has 2 heterocycles. The van der Waals surface area contributed by atoms with E-state index >= 15 is 0 Å². The highest BCUT2D eigenvalue weighted by molar-refractivity contribution is 8.04. The van der Waals surface area contributed by atoms with Crippen LogP contribution in [0, 0.1) is 0 Å². The van der Waals surface area contributed by atoms with Crippen LogP contribution in [0.25, 0.3) is 17.0 Å². The number of nitrogens with one attached hydrogen (secondary N) is 1. The van der Waals surface area contributed by atoms with Crippen LogP contribution in [0.5, 0.6) is 0 Å². The Hall–Kier alpha value is -2.22. The van der Waals surface area contributed by atoms with Gasteiger partial charge in [0.2, 0.25) is 27.1 Å². The summed E-state index contributed by atoms with van der Waals surface area (Å²) in [6, 6.07) is 11.9. The van der Waals surface area contributed by atoms with Gasteiger partial charge in [0, 0.05) is 54.3 Å². The molecule has 3 unspecified atom stereocenters. The van der Waals surface area contributed by atoms with Gasteiger partial charge < -0.3 is 4.90 Å². The van der Waals surface area contributed by atoms with E-state index in [1.54, 1.807) is 11.8 Å². The molecule has 1 aliphatic carbocycles. The summed E-state index contributed by atoms with van der Waals surface area (Å²) in [5.41, 5.74) is 1.91. The van der Waals surface area contributed by atoms with E-state index in [0.717, 1.165) is 34.3 Å². The molecular weight excluding hydrogens is 566 g/mol. The third-order valence-electron chi connectivity index (χ3n) is 7.03.